The normalized spacial score (nSPS) is 19.9. The van der Waals surface area contributed by atoms with Crippen molar-refractivity contribution in [2.45, 2.75) is 10.9 Å². The van der Waals surface area contributed by atoms with Crippen LogP contribution in [0.25, 0.3) is 0 Å². The predicted octanol–water partition coefficient (Wildman–Crippen LogP) is 2.01. The second kappa shape index (κ2) is 9.16. The summed E-state index contributed by atoms with van der Waals surface area (Å²) in [6.07, 6.45) is 0. The van der Waals surface area contributed by atoms with E-state index in [2.05, 4.69) is 0 Å². The Kier molecular flexibility index (Phi) is 6.50. The molecule has 2 aliphatic heterocycles. The summed E-state index contributed by atoms with van der Waals surface area (Å²) in [6, 6.07) is 10.4. The topological polar surface area (TPSA) is 78.0 Å². The molecule has 0 saturated carbocycles. The second-order valence-electron chi connectivity index (χ2n) is 7.46. The zero-order valence-electron chi connectivity index (χ0n) is 17.0. The van der Waals surface area contributed by atoms with Crippen molar-refractivity contribution in [1.82, 2.24) is 14.1 Å². The van der Waals surface area contributed by atoms with E-state index in [1.807, 2.05) is 0 Å². The maximum atomic E-state index is 14.0. The summed E-state index contributed by atoms with van der Waals surface area (Å²) in [4.78, 5) is 28.3. The zero-order valence-corrected chi connectivity index (χ0v) is 18.6. The SMILES string of the molecule is O=C([C@@H]1CSCN1C(=O)c1ccccc1)N1CCN(S(=O)(=O)c2cc(F)ccc2F)CC1. The summed E-state index contributed by atoms with van der Waals surface area (Å²) in [7, 11) is -4.23. The maximum absolute atomic E-state index is 14.0. The minimum Gasteiger partial charge on any atom is -0.338 e. The fourth-order valence-electron chi connectivity index (χ4n) is 3.77. The average molecular weight is 482 g/mol. The largest absolute Gasteiger partial charge is 0.338 e. The number of thioether (sulfide) groups is 1. The molecule has 2 aromatic carbocycles. The van der Waals surface area contributed by atoms with Crippen molar-refractivity contribution in [2.75, 3.05) is 37.8 Å². The number of rotatable bonds is 4. The Morgan fingerprint density at radius 1 is 0.969 bits per heavy atom. The first-order valence-electron chi connectivity index (χ1n) is 9.97. The highest BCUT2D eigenvalue weighted by atomic mass is 32.2. The van der Waals surface area contributed by atoms with Crippen LogP contribution in [0.15, 0.2) is 53.4 Å². The first-order chi connectivity index (χ1) is 15.3. The molecule has 11 heteroatoms. The van der Waals surface area contributed by atoms with Gasteiger partial charge in [0.05, 0.1) is 5.88 Å². The van der Waals surface area contributed by atoms with Crippen LogP contribution in [0.2, 0.25) is 0 Å². The number of piperazine rings is 1. The van der Waals surface area contributed by atoms with E-state index in [1.54, 1.807) is 30.3 Å². The van der Waals surface area contributed by atoms with Gasteiger partial charge < -0.3 is 9.80 Å². The fourth-order valence-corrected chi connectivity index (χ4v) is 6.41. The van der Waals surface area contributed by atoms with Gasteiger partial charge in [-0.25, -0.2) is 17.2 Å². The van der Waals surface area contributed by atoms with E-state index in [9.17, 15) is 26.8 Å². The molecule has 2 saturated heterocycles. The van der Waals surface area contributed by atoms with Crippen LogP contribution in [0.1, 0.15) is 10.4 Å². The molecule has 0 N–H and O–H groups in total. The van der Waals surface area contributed by atoms with Crippen LogP contribution in [0.4, 0.5) is 8.78 Å². The van der Waals surface area contributed by atoms with Crippen LogP contribution in [-0.4, -0.2) is 78.2 Å². The molecule has 170 valence electrons. The van der Waals surface area contributed by atoms with Crippen molar-refractivity contribution in [3.63, 3.8) is 0 Å². The molecular formula is C21H21F2N3O4S2. The minimum atomic E-state index is -4.23. The van der Waals surface area contributed by atoms with E-state index in [1.165, 1.54) is 21.6 Å². The molecule has 2 heterocycles. The molecule has 0 unspecified atom stereocenters. The molecule has 32 heavy (non-hydrogen) atoms. The third kappa shape index (κ3) is 4.37. The van der Waals surface area contributed by atoms with Crippen molar-refractivity contribution in [3.05, 3.63) is 65.7 Å². The first-order valence-corrected chi connectivity index (χ1v) is 12.6. The third-order valence-electron chi connectivity index (χ3n) is 5.51. The summed E-state index contributed by atoms with van der Waals surface area (Å²) in [5, 5.41) is 0. The molecule has 0 aromatic heterocycles. The lowest BCUT2D eigenvalue weighted by Gasteiger charge is -2.36. The Labute approximate surface area is 189 Å². The Morgan fingerprint density at radius 2 is 1.66 bits per heavy atom. The quantitative estimate of drug-likeness (QED) is 0.668. The molecule has 2 aliphatic rings. The molecule has 2 aromatic rings. The van der Waals surface area contributed by atoms with Gasteiger partial charge in [0.25, 0.3) is 5.91 Å². The van der Waals surface area contributed by atoms with Crippen molar-refractivity contribution in [1.29, 1.82) is 0 Å². The average Bonchev–Trinajstić information content (AvgIpc) is 3.30. The number of carbonyl (C=O) groups is 2. The Morgan fingerprint density at radius 3 is 2.34 bits per heavy atom. The summed E-state index contributed by atoms with van der Waals surface area (Å²) in [5.41, 5.74) is 0.501. The summed E-state index contributed by atoms with van der Waals surface area (Å²) in [5.74, 6) is -1.48. The van der Waals surface area contributed by atoms with E-state index >= 15 is 0 Å². The number of hydrogen-bond acceptors (Lipinski definition) is 5. The summed E-state index contributed by atoms with van der Waals surface area (Å²) >= 11 is 1.48. The predicted molar refractivity (Wildman–Crippen MR) is 115 cm³/mol. The van der Waals surface area contributed by atoms with Crippen LogP contribution in [-0.2, 0) is 14.8 Å². The molecular weight excluding hydrogens is 460 g/mol. The van der Waals surface area contributed by atoms with Gasteiger partial charge in [0, 0.05) is 37.5 Å². The summed E-state index contributed by atoms with van der Waals surface area (Å²) in [6.45, 7) is 0.111. The van der Waals surface area contributed by atoms with Gasteiger partial charge in [-0.2, -0.15) is 4.31 Å². The monoisotopic (exact) mass is 481 g/mol. The van der Waals surface area contributed by atoms with Crippen LogP contribution < -0.4 is 0 Å². The van der Waals surface area contributed by atoms with Gasteiger partial charge in [-0.15, -0.1) is 11.8 Å². The highest BCUT2D eigenvalue weighted by Crippen LogP contribution is 2.26. The van der Waals surface area contributed by atoms with Crippen molar-refractivity contribution < 1.29 is 26.8 Å². The van der Waals surface area contributed by atoms with Crippen molar-refractivity contribution in [3.8, 4) is 0 Å². The smallest absolute Gasteiger partial charge is 0.255 e. The fraction of sp³-hybridized carbons (Fsp3) is 0.333. The van der Waals surface area contributed by atoms with Gasteiger partial charge in [-0.3, -0.25) is 9.59 Å². The lowest BCUT2D eigenvalue weighted by atomic mass is 10.1. The number of carbonyl (C=O) groups excluding carboxylic acids is 2. The molecule has 0 radical (unpaired) electrons. The van der Waals surface area contributed by atoms with Gasteiger partial charge in [0.15, 0.2) is 0 Å². The molecule has 4 rings (SSSR count). The van der Waals surface area contributed by atoms with Gasteiger partial charge >= 0.3 is 0 Å². The molecule has 2 amide bonds. The van der Waals surface area contributed by atoms with Crippen LogP contribution in [0, 0.1) is 11.6 Å². The number of amides is 2. The van der Waals surface area contributed by atoms with E-state index < -0.39 is 32.6 Å². The minimum absolute atomic E-state index is 0.0451. The zero-order chi connectivity index (χ0) is 22.9. The second-order valence-corrected chi connectivity index (χ2v) is 10.4. The molecule has 0 bridgehead atoms. The molecule has 0 aliphatic carbocycles. The molecule has 2 fully saturated rings. The van der Waals surface area contributed by atoms with Crippen LogP contribution >= 0.6 is 11.8 Å². The number of sulfonamides is 1. The van der Waals surface area contributed by atoms with E-state index in [-0.39, 0.29) is 38.0 Å². The Hall–Kier alpha value is -2.50. The third-order valence-corrected chi connectivity index (χ3v) is 8.44. The number of benzene rings is 2. The number of nitrogens with zero attached hydrogens (tertiary/aromatic N) is 3. The van der Waals surface area contributed by atoms with Gasteiger partial charge in [0.1, 0.15) is 22.6 Å². The number of halogens is 2. The highest BCUT2D eigenvalue weighted by molar-refractivity contribution is 7.99. The Bertz CT molecular complexity index is 1120. The van der Waals surface area contributed by atoms with Crippen molar-refractivity contribution in [2.24, 2.45) is 0 Å². The standard InChI is InChI=1S/C21H21F2N3O4S2/c22-16-6-7-17(23)19(12-16)32(29,30)25-10-8-24(9-11-25)21(28)18-13-31-14-26(18)20(27)15-4-2-1-3-5-15/h1-7,12,18H,8-11,13-14H2/t18-/m0/s1. The van der Waals surface area contributed by atoms with Crippen LogP contribution in [0.3, 0.4) is 0 Å². The summed E-state index contributed by atoms with van der Waals surface area (Å²) < 4.78 is 54.0. The van der Waals surface area contributed by atoms with Gasteiger partial charge in [-0.05, 0) is 30.3 Å². The lowest BCUT2D eigenvalue weighted by Crippen LogP contribution is -2.55. The van der Waals surface area contributed by atoms with Crippen molar-refractivity contribution >= 4 is 33.6 Å². The van der Waals surface area contributed by atoms with Gasteiger partial charge in [0.2, 0.25) is 15.9 Å². The Balaban J connectivity index is 1.43. The highest BCUT2D eigenvalue weighted by Gasteiger charge is 2.39. The van der Waals surface area contributed by atoms with Gasteiger partial charge in [-0.1, -0.05) is 18.2 Å². The van der Waals surface area contributed by atoms with E-state index in [4.69, 9.17) is 0 Å². The lowest BCUT2D eigenvalue weighted by molar-refractivity contribution is -0.136. The first kappa shape index (κ1) is 22.7. The van der Waals surface area contributed by atoms with E-state index in [0.29, 0.717) is 23.3 Å². The van der Waals surface area contributed by atoms with Crippen LogP contribution in [0.5, 0.6) is 0 Å². The maximum Gasteiger partial charge on any atom is 0.255 e. The molecule has 0 spiro atoms. The molecule has 1 atom stereocenters. The molecule has 7 nitrogen and oxygen atoms in total. The number of hydrogen-bond donors (Lipinski definition) is 0. The van der Waals surface area contributed by atoms with E-state index in [0.717, 1.165) is 16.4 Å².